The molecule has 3 heteroatoms. The topological polar surface area (TPSA) is 31.2 Å². The smallest absolute Gasteiger partial charge is 0.255 e. The van der Waals surface area contributed by atoms with Gasteiger partial charge >= 0.3 is 0 Å². The summed E-state index contributed by atoms with van der Waals surface area (Å²) in [4.78, 5) is 12.3. The molecule has 0 bridgehead atoms. The number of ether oxygens (including phenoxy) is 1. The van der Waals surface area contributed by atoms with Crippen LogP contribution in [0.25, 0.3) is 16.6 Å². The monoisotopic (exact) mass is 279 g/mol. The molecule has 0 aliphatic heterocycles. The summed E-state index contributed by atoms with van der Waals surface area (Å²) in [6.45, 7) is 4.11. The van der Waals surface area contributed by atoms with Crippen LogP contribution in [-0.2, 0) is 0 Å². The van der Waals surface area contributed by atoms with E-state index in [1.54, 1.807) is 16.7 Å². The van der Waals surface area contributed by atoms with E-state index in [1.807, 2.05) is 30.3 Å². The predicted octanol–water partition coefficient (Wildman–Crippen LogP) is 3.76. The molecule has 1 aliphatic carbocycles. The van der Waals surface area contributed by atoms with Gasteiger partial charge in [-0.1, -0.05) is 30.9 Å². The number of hydrogen-bond donors (Lipinski definition) is 0. The van der Waals surface area contributed by atoms with E-state index in [0.29, 0.717) is 6.61 Å². The van der Waals surface area contributed by atoms with Crippen molar-refractivity contribution in [3.63, 3.8) is 0 Å². The second-order valence-corrected chi connectivity index (χ2v) is 4.90. The summed E-state index contributed by atoms with van der Waals surface area (Å²) in [5, 5.41) is 0.929. The Balaban J connectivity index is 2.22. The van der Waals surface area contributed by atoms with Gasteiger partial charge in [-0.25, -0.2) is 0 Å². The van der Waals surface area contributed by atoms with Gasteiger partial charge in [-0.3, -0.25) is 9.36 Å². The van der Waals surface area contributed by atoms with Crippen LogP contribution < -0.4 is 10.3 Å². The number of nitrogens with zero attached hydrogens (tertiary/aromatic N) is 1. The lowest BCUT2D eigenvalue weighted by Gasteiger charge is -2.15. The number of hydrogen-bond acceptors (Lipinski definition) is 2. The summed E-state index contributed by atoms with van der Waals surface area (Å²) in [6.07, 6.45) is 9.89. The Labute approximate surface area is 123 Å². The lowest BCUT2D eigenvalue weighted by molar-refractivity contribution is 0.367. The highest BCUT2D eigenvalue weighted by Gasteiger charge is 2.10. The summed E-state index contributed by atoms with van der Waals surface area (Å²) in [5.41, 5.74) is 1.76. The third kappa shape index (κ3) is 2.55. The van der Waals surface area contributed by atoms with Gasteiger partial charge in [0.1, 0.15) is 12.4 Å². The molecule has 1 aliphatic rings. The van der Waals surface area contributed by atoms with E-state index >= 15 is 0 Å². The molecular weight excluding hydrogens is 262 g/mol. The Morgan fingerprint density at radius 3 is 2.90 bits per heavy atom. The lowest BCUT2D eigenvalue weighted by atomic mass is 10.1. The van der Waals surface area contributed by atoms with E-state index in [2.05, 4.69) is 18.7 Å². The fourth-order valence-corrected chi connectivity index (χ4v) is 2.55. The molecule has 0 spiro atoms. The van der Waals surface area contributed by atoms with Gasteiger partial charge in [0.25, 0.3) is 5.56 Å². The van der Waals surface area contributed by atoms with Crippen molar-refractivity contribution in [3.05, 3.63) is 71.6 Å². The summed E-state index contributed by atoms with van der Waals surface area (Å²) in [6, 6.07) is 9.17. The molecule has 1 aromatic carbocycles. The molecule has 2 aromatic rings. The van der Waals surface area contributed by atoms with Crippen molar-refractivity contribution in [3.8, 4) is 5.75 Å². The number of aromatic nitrogens is 1. The van der Waals surface area contributed by atoms with Crippen molar-refractivity contribution in [2.75, 3.05) is 6.61 Å². The van der Waals surface area contributed by atoms with Crippen LogP contribution in [0.5, 0.6) is 5.75 Å². The predicted molar refractivity (Wildman–Crippen MR) is 86.5 cm³/mol. The van der Waals surface area contributed by atoms with Crippen molar-refractivity contribution in [1.29, 1.82) is 0 Å². The maximum atomic E-state index is 12.3. The lowest BCUT2D eigenvalue weighted by Crippen LogP contribution is -2.18. The Bertz CT molecular complexity index is 796. The molecule has 0 N–H and O–H groups in total. The van der Waals surface area contributed by atoms with E-state index in [4.69, 9.17) is 4.74 Å². The number of rotatable bonds is 4. The van der Waals surface area contributed by atoms with Crippen LogP contribution in [0.2, 0.25) is 0 Å². The SMILES string of the molecule is C=CCOc1cccc2c1ccc(=O)n2C1=CCCC=C1. The average Bonchev–Trinajstić information content (AvgIpc) is 2.53. The normalized spacial score (nSPS) is 14.0. The highest BCUT2D eigenvalue weighted by atomic mass is 16.5. The number of fused-ring (bicyclic) bond motifs is 1. The van der Waals surface area contributed by atoms with Crippen molar-refractivity contribution in [1.82, 2.24) is 4.57 Å². The zero-order valence-corrected chi connectivity index (χ0v) is 11.8. The molecule has 0 fully saturated rings. The van der Waals surface area contributed by atoms with Crippen LogP contribution in [0.15, 0.2) is 66.0 Å². The highest BCUT2D eigenvalue weighted by Crippen LogP contribution is 2.27. The highest BCUT2D eigenvalue weighted by molar-refractivity contribution is 5.88. The Hall–Kier alpha value is -2.55. The third-order valence-electron chi connectivity index (χ3n) is 3.49. The summed E-state index contributed by atoms with van der Waals surface area (Å²) in [5.74, 6) is 0.765. The first kappa shape index (κ1) is 13.4. The molecule has 1 aromatic heterocycles. The van der Waals surface area contributed by atoms with E-state index in [0.717, 1.165) is 35.2 Å². The van der Waals surface area contributed by atoms with Crippen molar-refractivity contribution >= 4 is 16.6 Å². The van der Waals surface area contributed by atoms with Gasteiger partial charge in [0.05, 0.1) is 5.52 Å². The van der Waals surface area contributed by atoms with Gasteiger partial charge in [0.15, 0.2) is 0 Å². The Morgan fingerprint density at radius 2 is 2.14 bits per heavy atom. The summed E-state index contributed by atoms with van der Waals surface area (Å²) < 4.78 is 7.42. The largest absolute Gasteiger partial charge is 0.489 e. The number of benzene rings is 1. The fourth-order valence-electron chi connectivity index (χ4n) is 2.55. The van der Waals surface area contributed by atoms with Gasteiger partial charge in [0, 0.05) is 17.1 Å². The minimum atomic E-state index is -0.0267. The quantitative estimate of drug-likeness (QED) is 0.798. The van der Waals surface area contributed by atoms with Crippen LogP contribution in [-0.4, -0.2) is 11.2 Å². The molecule has 106 valence electrons. The minimum absolute atomic E-state index is 0.0267. The van der Waals surface area contributed by atoms with Crippen molar-refractivity contribution < 1.29 is 4.74 Å². The molecule has 0 unspecified atom stereocenters. The molecule has 1 heterocycles. The van der Waals surface area contributed by atoms with Crippen LogP contribution in [0.3, 0.4) is 0 Å². The Kier molecular flexibility index (Phi) is 3.73. The number of allylic oxidation sites excluding steroid dienone is 4. The van der Waals surface area contributed by atoms with E-state index in [1.165, 1.54) is 0 Å². The standard InChI is InChI=1S/C18H17NO2/c1-2-13-21-17-10-6-9-16-15(17)11-12-18(20)19(16)14-7-4-3-5-8-14/h2,4,6-12H,1,3,5,13H2. The van der Waals surface area contributed by atoms with Gasteiger partial charge < -0.3 is 4.74 Å². The average molecular weight is 279 g/mol. The maximum Gasteiger partial charge on any atom is 0.255 e. The molecule has 0 saturated heterocycles. The van der Waals surface area contributed by atoms with Gasteiger partial charge in [-0.2, -0.15) is 0 Å². The molecular formula is C18H17NO2. The molecule has 3 rings (SSSR count). The van der Waals surface area contributed by atoms with Gasteiger partial charge in [-0.15, -0.1) is 0 Å². The van der Waals surface area contributed by atoms with E-state index in [-0.39, 0.29) is 5.56 Å². The van der Waals surface area contributed by atoms with Crippen molar-refractivity contribution in [2.24, 2.45) is 0 Å². The summed E-state index contributed by atoms with van der Waals surface area (Å²) in [7, 11) is 0. The second kappa shape index (κ2) is 5.83. The van der Waals surface area contributed by atoms with Crippen LogP contribution in [0.4, 0.5) is 0 Å². The summed E-state index contributed by atoms with van der Waals surface area (Å²) >= 11 is 0. The molecule has 21 heavy (non-hydrogen) atoms. The van der Waals surface area contributed by atoms with Gasteiger partial charge in [-0.05, 0) is 37.1 Å². The van der Waals surface area contributed by atoms with Crippen molar-refractivity contribution in [2.45, 2.75) is 12.8 Å². The van der Waals surface area contributed by atoms with E-state index < -0.39 is 0 Å². The van der Waals surface area contributed by atoms with E-state index in [9.17, 15) is 4.79 Å². The maximum absolute atomic E-state index is 12.3. The minimum Gasteiger partial charge on any atom is -0.489 e. The first-order chi connectivity index (χ1) is 10.3. The van der Waals surface area contributed by atoms with Crippen LogP contribution >= 0.6 is 0 Å². The third-order valence-corrected chi connectivity index (χ3v) is 3.49. The zero-order chi connectivity index (χ0) is 14.7. The molecule has 0 amide bonds. The number of pyridine rings is 1. The second-order valence-electron chi connectivity index (χ2n) is 4.90. The fraction of sp³-hybridized carbons (Fsp3) is 0.167. The first-order valence-corrected chi connectivity index (χ1v) is 7.07. The molecule has 0 atom stereocenters. The zero-order valence-electron chi connectivity index (χ0n) is 11.8. The molecule has 3 nitrogen and oxygen atoms in total. The van der Waals surface area contributed by atoms with Crippen LogP contribution in [0, 0.1) is 0 Å². The molecule has 0 radical (unpaired) electrons. The van der Waals surface area contributed by atoms with Crippen LogP contribution in [0.1, 0.15) is 12.8 Å². The molecule has 0 saturated carbocycles. The van der Waals surface area contributed by atoms with Gasteiger partial charge in [0.2, 0.25) is 0 Å². The first-order valence-electron chi connectivity index (χ1n) is 7.07. The Morgan fingerprint density at radius 1 is 1.24 bits per heavy atom.